The standard InChI is InChI=1S/C19H22N6O2S/c1-27-12-17-22-23-19(28-17)21-14-4-6-15(7-5-14)25-18(26)9-8-16(24-25)13-3-2-10-20-11-13/h2-3,8-11,14-15H,4-7,12H2,1H3,(H,21,23). The maximum Gasteiger partial charge on any atom is 0.267 e. The lowest BCUT2D eigenvalue weighted by atomic mass is 9.91. The monoisotopic (exact) mass is 398 g/mol. The minimum absolute atomic E-state index is 0.0580. The molecule has 4 rings (SSSR count). The van der Waals surface area contributed by atoms with E-state index in [1.807, 2.05) is 12.1 Å². The average Bonchev–Trinajstić information content (AvgIpc) is 3.17. The molecule has 0 unspecified atom stereocenters. The van der Waals surface area contributed by atoms with Gasteiger partial charge in [-0.3, -0.25) is 9.78 Å². The second kappa shape index (κ2) is 8.57. The highest BCUT2D eigenvalue weighted by Crippen LogP contribution is 2.30. The lowest BCUT2D eigenvalue weighted by Crippen LogP contribution is -2.33. The molecule has 0 bridgehead atoms. The second-order valence-corrected chi connectivity index (χ2v) is 7.89. The molecule has 1 saturated carbocycles. The van der Waals surface area contributed by atoms with Crippen LogP contribution < -0.4 is 10.9 Å². The second-order valence-electron chi connectivity index (χ2n) is 6.83. The van der Waals surface area contributed by atoms with Gasteiger partial charge in [0.2, 0.25) is 5.13 Å². The number of nitrogens with one attached hydrogen (secondary N) is 1. The third kappa shape index (κ3) is 4.26. The molecule has 146 valence electrons. The van der Waals surface area contributed by atoms with Crippen molar-refractivity contribution in [3.05, 3.63) is 52.0 Å². The number of hydrogen-bond donors (Lipinski definition) is 1. The summed E-state index contributed by atoms with van der Waals surface area (Å²) in [5.74, 6) is 0. The summed E-state index contributed by atoms with van der Waals surface area (Å²) in [5.41, 5.74) is 1.62. The highest BCUT2D eigenvalue weighted by Gasteiger charge is 2.24. The summed E-state index contributed by atoms with van der Waals surface area (Å²) < 4.78 is 6.72. The molecular weight excluding hydrogens is 376 g/mol. The van der Waals surface area contributed by atoms with Crippen LogP contribution in [-0.4, -0.2) is 38.1 Å². The van der Waals surface area contributed by atoms with Crippen LogP contribution in [0.5, 0.6) is 0 Å². The van der Waals surface area contributed by atoms with Crippen LogP contribution in [0.15, 0.2) is 41.5 Å². The van der Waals surface area contributed by atoms with Gasteiger partial charge in [-0.05, 0) is 43.9 Å². The van der Waals surface area contributed by atoms with Crippen molar-refractivity contribution in [1.29, 1.82) is 0 Å². The van der Waals surface area contributed by atoms with Crippen LogP contribution in [-0.2, 0) is 11.3 Å². The molecule has 0 aromatic carbocycles. The van der Waals surface area contributed by atoms with Crippen molar-refractivity contribution in [3.63, 3.8) is 0 Å². The number of hydrogen-bond acceptors (Lipinski definition) is 8. The van der Waals surface area contributed by atoms with Crippen LogP contribution in [0.3, 0.4) is 0 Å². The SMILES string of the molecule is COCc1nnc(NC2CCC(n3nc(-c4cccnc4)ccc3=O)CC2)s1. The molecule has 9 heteroatoms. The molecule has 1 N–H and O–H groups in total. The van der Waals surface area contributed by atoms with Gasteiger partial charge >= 0.3 is 0 Å². The lowest BCUT2D eigenvalue weighted by Gasteiger charge is -2.29. The minimum atomic E-state index is -0.0580. The van der Waals surface area contributed by atoms with Crippen LogP contribution in [0.1, 0.15) is 36.7 Å². The van der Waals surface area contributed by atoms with Gasteiger partial charge in [-0.1, -0.05) is 11.3 Å². The van der Waals surface area contributed by atoms with Gasteiger partial charge in [-0.25, -0.2) is 4.68 Å². The Balaban J connectivity index is 1.41. The summed E-state index contributed by atoms with van der Waals surface area (Å²) in [6.07, 6.45) is 7.18. The Hall–Kier alpha value is -2.65. The first-order chi connectivity index (χ1) is 13.7. The van der Waals surface area contributed by atoms with Crippen LogP contribution in [0, 0.1) is 0 Å². The first-order valence-electron chi connectivity index (χ1n) is 9.31. The van der Waals surface area contributed by atoms with Crippen molar-refractivity contribution in [1.82, 2.24) is 25.0 Å². The highest BCUT2D eigenvalue weighted by atomic mass is 32.1. The van der Waals surface area contributed by atoms with Gasteiger partial charge in [0.25, 0.3) is 5.56 Å². The van der Waals surface area contributed by atoms with Crippen molar-refractivity contribution in [2.24, 2.45) is 0 Å². The fourth-order valence-electron chi connectivity index (χ4n) is 3.49. The van der Waals surface area contributed by atoms with E-state index < -0.39 is 0 Å². The topological polar surface area (TPSA) is 94.8 Å². The first kappa shape index (κ1) is 18.7. The molecule has 3 heterocycles. The number of anilines is 1. The van der Waals surface area contributed by atoms with E-state index in [0.717, 1.165) is 47.1 Å². The Bertz CT molecular complexity index is 966. The number of ether oxygens (including phenoxy) is 1. The molecular formula is C19H22N6O2S. The summed E-state index contributed by atoms with van der Waals surface area (Å²) in [4.78, 5) is 16.5. The molecule has 1 aliphatic carbocycles. The summed E-state index contributed by atoms with van der Waals surface area (Å²) >= 11 is 1.52. The van der Waals surface area contributed by atoms with E-state index >= 15 is 0 Å². The van der Waals surface area contributed by atoms with Gasteiger partial charge < -0.3 is 10.1 Å². The molecule has 3 aromatic rings. The summed E-state index contributed by atoms with van der Waals surface area (Å²) in [6.45, 7) is 0.480. The zero-order valence-corrected chi connectivity index (χ0v) is 16.4. The fourth-order valence-corrected chi connectivity index (χ4v) is 4.28. The molecule has 0 aliphatic heterocycles. The molecule has 0 atom stereocenters. The minimum Gasteiger partial charge on any atom is -0.377 e. The van der Waals surface area contributed by atoms with Crippen LogP contribution in [0.4, 0.5) is 5.13 Å². The number of pyridine rings is 1. The van der Waals surface area contributed by atoms with Gasteiger partial charge in [-0.15, -0.1) is 10.2 Å². The fraction of sp³-hybridized carbons (Fsp3) is 0.421. The maximum atomic E-state index is 12.4. The van der Waals surface area contributed by atoms with E-state index in [0.29, 0.717) is 12.6 Å². The smallest absolute Gasteiger partial charge is 0.267 e. The zero-order valence-electron chi connectivity index (χ0n) is 15.6. The van der Waals surface area contributed by atoms with Crippen molar-refractivity contribution in [3.8, 4) is 11.3 Å². The Kier molecular flexibility index (Phi) is 5.73. The predicted octanol–water partition coefficient (Wildman–Crippen LogP) is 2.90. The van der Waals surface area contributed by atoms with Crippen LogP contribution in [0.25, 0.3) is 11.3 Å². The number of methoxy groups -OCH3 is 1. The maximum absolute atomic E-state index is 12.4. The lowest BCUT2D eigenvalue weighted by molar-refractivity contribution is 0.184. The van der Waals surface area contributed by atoms with E-state index in [-0.39, 0.29) is 11.6 Å². The van der Waals surface area contributed by atoms with E-state index in [1.54, 1.807) is 36.3 Å². The van der Waals surface area contributed by atoms with Crippen LogP contribution >= 0.6 is 11.3 Å². The van der Waals surface area contributed by atoms with Crippen molar-refractivity contribution >= 4 is 16.5 Å². The Morgan fingerprint density at radius 3 is 2.82 bits per heavy atom. The quantitative estimate of drug-likeness (QED) is 0.682. The third-order valence-electron chi connectivity index (χ3n) is 4.89. The summed E-state index contributed by atoms with van der Waals surface area (Å²) in [6, 6.07) is 7.62. The summed E-state index contributed by atoms with van der Waals surface area (Å²) in [7, 11) is 1.65. The van der Waals surface area contributed by atoms with Crippen LogP contribution in [0.2, 0.25) is 0 Å². The highest BCUT2D eigenvalue weighted by molar-refractivity contribution is 7.15. The van der Waals surface area contributed by atoms with E-state index in [1.165, 1.54) is 11.3 Å². The molecule has 1 aliphatic rings. The normalized spacial score (nSPS) is 19.5. The van der Waals surface area contributed by atoms with Gasteiger partial charge in [0.1, 0.15) is 11.6 Å². The Labute approximate surface area is 166 Å². The zero-order chi connectivity index (χ0) is 19.3. The molecule has 0 saturated heterocycles. The van der Waals surface area contributed by atoms with Gasteiger partial charge in [0.05, 0.1) is 11.7 Å². The van der Waals surface area contributed by atoms with Crippen molar-refractivity contribution in [2.45, 2.75) is 44.4 Å². The Morgan fingerprint density at radius 1 is 1.21 bits per heavy atom. The van der Waals surface area contributed by atoms with Gasteiger partial charge in [0.15, 0.2) is 0 Å². The number of nitrogens with zero attached hydrogens (tertiary/aromatic N) is 5. The number of rotatable bonds is 6. The molecule has 0 radical (unpaired) electrons. The Morgan fingerprint density at radius 2 is 2.07 bits per heavy atom. The molecule has 0 spiro atoms. The van der Waals surface area contributed by atoms with E-state index in [4.69, 9.17) is 4.74 Å². The van der Waals surface area contributed by atoms with E-state index in [2.05, 4.69) is 25.6 Å². The van der Waals surface area contributed by atoms with Gasteiger partial charge in [-0.2, -0.15) is 5.10 Å². The molecule has 1 fully saturated rings. The largest absolute Gasteiger partial charge is 0.377 e. The number of aromatic nitrogens is 5. The molecule has 28 heavy (non-hydrogen) atoms. The van der Waals surface area contributed by atoms with Crippen molar-refractivity contribution in [2.75, 3.05) is 12.4 Å². The first-order valence-corrected chi connectivity index (χ1v) is 10.1. The molecule has 3 aromatic heterocycles. The average molecular weight is 398 g/mol. The van der Waals surface area contributed by atoms with Crippen molar-refractivity contribution < 1.29 is 4.74 Å². The molecule has 0 amide bonds. The predicted molar refractivity (Wildman–Crippen MR) is 107 cm³/mol. The molecule has 8 nitrogen and oxygen atoms in total. The third-order valence-corrected chi connectivity index (χ3v) is 5.72. The van der Waals surface area contributed by atoms with Gasteiger partial charge in [0, 0.05) is 37.2 Å². The van der Waals surface area contributed by atoms with E-state index in [9.17, 15) is 4.79 Å². The summed E-state index contributed by atoms with van der Waals surface area (Å²) in [5, 5.41) is 18.0.